The van der Waals surface area contributed by atoms with Crippen molar-refractivity contribution >= 4 is 11.8 Å². The van der Waals surface area contributed by atoms with Gasteiger partial charge in [-0.05, 0) is 26.7 Å². The Morgan fingerprint density at radius 2 is 1.89 bits per heavy atom. The summed E-state index contributed by atoms with van der Waals surface area (Å²) in [7, 11) is 1.92. The normalized spacial score (nSPS) is 15.9. The zero-order chi connectivity index (χ0) is 13.0. The van der Waals surface area contributed by atoms with E-state index in [1.54, 1.807) is 0 Å². The first-order chi connectivity index (χ1) is 8.78. The molecule has 2 rings (SSSR count). The van der Waals surface area contributed by atoms with Gasteiger partial charge < -0.3 is 10.2 Å². The van der Waals surface area contributed by atoms with Gasteiger partial charge in [0.25, 0.3) is 0 Å². The Morgan fingerprint density at radius 3 is 2.44 bits per heavy atom. The van der Waals surface area contributed by atoms with Gasteiger partial charge in [0.15, 0.2) is 0 Å². The second-order valence-electron chi connectivity index (χ2n) is 4.88. The minimum absolute atomic E-state index is 0.634. The molecule has 0 aromatic carbocycles. The van der Waals surface area contributed by atoms with Crippen molar-refractivity contribution in [2.45, 2.75) is 45.4 Å². The number of anilines is 2. The molecule has 0 radical (unpaired) electrons. The van der Waals surface area contributed by atoms with E-state index < -0.39 is 0 Å². The molecule has 1 fully saturated rings. The molecule has 18 heavy (non-hydrogen) atoms. The van der Waals surface area contributed by atoms with Gasteiger partial charge in [0.1, 0.15) is 5.82 Å². The minimum atomic E-state index is 0.634. The molecule has 4 nitrogen and oxygen atoms in total. The van der Waals surface area contributed by atoms with Crippen LogP contribution in [0, 0.1) is 0 Å². The van der Waals surface area contributed by atoms with Crippen LogP contribution >= 0.6 is 0 Å². The van der Waals surface area contributed by atoms with Crippen LogP contribution in [0.5, 0.6) is 0 Å². The fraction of sp³-hybridized carbons (Fsp3) is 0.714. The van der Waals surface area contributed by atoms with Gasteiger partial charge in [0.05, 0.1) is 5.69 Å². The molecule has 1 N–H and O–H groups in total. The Hall–Kier alpha value is -1.32. The third-order valence-electron chi connectivity index (χ3n) is 3.81. The average Bonchev–Trinajstić information content (AvgIpc) is 2.94. The standard InChI is InChI=1S/C14H24N4/c1-4-18(5-2)14-16-12(10-13(15-3)17-14)11-8-6-7-9-11/h10-11H,4-9H2,1-3H3,(H,15,16,17). The molecule has 0 spiro atoms. The summed E-state index contributed by atoms with van der Waals surface area (Å²) < 4.78 is 0. The number of rotatable bonds is 5. The highest BCUT2D eigenvalue weighted by Gasteiger charge is 2.20. The summed E-state index contributed by atoms with van der Waals surface area (Å²) in [5, 5.41) is 3.16. The van der Waals surface area contributed by atoms with Gasteiger partial charge in [-0.3, -0.25) is 0 Å². The van der Waals surface area contributed by atoms with Crippen LogP contribution in [-0.2, 0) is 0 Å². The quantitative estimate of drug-likeness (QED) is 0.869. The molecule has 1 aromatic rings. The van der Waals surface area contributed by atoms with Crippen LogP contribution in [0.4, 0.5) is 11.8 Å². The molecule has 1 saturated carbocycles. The van der Waals surface area contributed by atoms with Crippen molar-refractivity contribution in [2.75, 3.05) is 30.4 Å². The predicted octanol–water partition coefficient (Wildman–Crippen LogP) is 3.02. The maximum absolute atomic E-state index is 4.78. The van der Waals surface area contributed by atoms with Crippen molar-refractivity contribution in [3.8, 4) is 0 Å². The predicted molar refractivity (Wildman–Crippen MR) is 76.3 cm³/mol. The van der Waals surface area contributed by atoms with Crippen LogP contribution in [0.1, 0.15) is 51.1 Å². The zero-order valence-electron chi connectivity index (χ0n) is 11.7. The lowest BCUT2D eigenvalue weighted by Crippen LogP contribution is -2.25. The Bertz CT molecular complexity index is 361. The van der Waals surface area contributed by atoms with Gasteiger partial charge in [0, 0.05) is 32.1 Å². The number of hydrogen-bond donors (Lipinski definition) is 1. The Morgan fingerprint density at radius 1 is 1.22 bits per heavy atom. The molecule has 1 aliphatic rings. The first-order valence-electron chi connectivity index (χ1n) is 7.10. The third-order valence-corrected chi connectivity index (χ3v) is 3.81. The van der Waals surface area contributed by atoms with Gasteiger partial charge in [0.2, 0.25) is 5.95 Å². The molecule has 0 amide bonds. The van der Waals surface area contributed by atoms with Gasteiger partial charge in [-0.15, -0.1) is 0 Å². The Balaban J connectivity index is 2.31. The minimum Gasteiger partial charge on any atom is -0.373 e. The van der Waals surface area contributed by atoms with Crippen LogP contribution in [0.3, 0.4) is 0 Å². The van der Waals surface area contributed by atoms with Crippen molar-refractivity contribution < 1.29 is 0 Å². The Labute approximate surface area is 110 Å². The lowest BCUT2D eigenvalue weighted by atomic mass is 10.0. The zero-order valence-corrected chi connectivity index (χ0v) is 11.7. The molecule has 1 aliphatic carbocycles. The van der Waals surface area contributed by atoms with E-state index in [9.17, 15) is 0 Å². The summed E-state index contributed by atoms with van der Waals surface area (Å²) in [6, 6.07) is 2.11. The second kappa shape index (κ2) is 6.03. The SMILES string of the molecule is CCN(CC)c1nc(NC)cc(C2CCCC2)n1. The first-order valence-corrected chi connectivity index (χ1v) is 7.10. The highest BCUT2D eigenvalue weighted by atomic mass is 15.3. The molecule has 0 bridgehead atoms. The van der Waals surface area contributed by atoms with Gasteiger partial charge in [-0.2, -0.15) is 4.98 Å². The van der Waals surface area contributed by atoms with Gasteiger partial charge in [-0.25, -0.2) is 4.98 Å². The van der Waals surface area contributed by atoms with Crippen molar-refractivity contribution in [2.24, 2.45) is 0 Å². The monoisotopic (exact) mass is 248 g/mol. The maximum Gasteiger partial charge on any atom is 0.227 e. The molecular weight excluding hydrogens is 224 g/mol. The third kappa shape index (κ3) is 2.74. The van der Waals surface area contributed by atoms with E-state index in [1.165, 1.54) is 31.4 Å². The summed E-state index contributed by atoms with van der Waals surface area (Å²) in [5.74, 6) is 2.44. The summed E-state index contributed by atoms with van der Waals surface area (Å²) in [6.45, 7) is 6.20. The molecule has 100 valence electrons. The number of nitrogens with zero attached hydrogens (tertiary/aromatic N) is 3. The number of hydrogen-bond acceptors (Lipinski definition) is 4. The summed E-state index contributed by atoms with van der Waals surface area (Å²) >= 11 is 0. The maximum atomic E-state index is 4.78. The second-order valence-corrected chi connectivity index (χ2v) is 4.88. The van der Waals surface area contributed by atoms with Crippen molar-refractivity contribution in [1.82, 2.24) is 9.97 Å². The van der Waals surface area contributed by atoms with E-state index in [0.717, 1.165) is 24.9 Å². The lowest BCUT2D eigenvalue weighted by molar-refractivity contribution is 0.688. The van der Waals surface area contributed by atoms with Crippen molar-refractivity contribution in [3.05, 3.63) is 11.8 Å². The Kier molecular flexibility index (Phi) is 4.39. The van der Waals surface area contributed by atoms with E-state index in [1.807, 2.05) is 7.05 Å². The van der Waals surface area contributed by atoms with E-state index in [0.29, 0.717) is 5.92 Å². The largest absolute Gasteiger partial charge is 0.373 e. The van der Waals surface area contributed by atoms with Crippen LogP contribution in [0.15, 0.2) is 6.07 Å². The number of aromatic nitrogens is 2. The molecule has 0 atom stereocenters. The molecular formula is C14H24N4. The highest BCUT2D eigenvalue weighted by molar-refractivity contribution is 5.44. The molecule has 1 aromatic heterocycles. The first kappa shape index (κ1) is 13.1. The molecule has 0 saturated heterocycles. The molecule has 1 heterocycles. The van der Waals surface area contributed by atoms with E-state index >= 15 is 0 Å². The number of nitrogens with one attached hydrogen (secondary N) is 1. The molecule has 4 heteroatoms. The van der Waals surface area contributed by atoms with E-state index in [4.69, 9.17) is 4.98 Å². The lowest BCUT2D eigenvalue weighted by Gasteiger charge is -2.21. The topological polar surface area (TPSA) is 41.1 Å². The average molecular weight is 248 g/mol. The molecule has 0 aliphatic heterocycles. The fourth-order valence-corrected chi connectivity index (χ4v) is 2.66. The van der Waals surface area contributed by atoms with Crippen LogP contribution in [-0.4, -0.2) is 30.1 Å². The summed E-state index contributed by atoms with van der Waals surface area (Å²) in [5.41, 5.74) is 1.22. The fourth-order valence-electron chi connectivity index (χ4n) is 2.66. The van der Waals surface area contributed by atoms with Crippen molar-refractivity contribution in [1.29, 1.82) is 0 Å². The smallest absolute Gasteiger partial charge is 0.227 e. The van der Waals surface area contributed by atoms with Crippen LogP contribution < -0.4 is 10.2 Å². The summed E-state index contributed by atoms with van der Waals surface area (Å²) in [4.78, 5) is 11.6. The highest BCUT2D eigenvalue weighted by Crippen LogP contribution is 2.34. The molecule has 0 unspecified atom stereocenters. The van der Waals surface area contributed by atoms with E-state index in [2.05, 4.69) is 35.1 Å². The van der Waals surface area contributed by atoms with Gasteiger partial charge >= 0.3 is 0 Å². The summed E-state index contributed by atoms with van der Waals surface area (Å²) in [6.07, 6.45) is 5.23. The van der Waals surface area contributed by atoms with E-state index in [-0.39, 0.29) is 0 Å². The van der Waals surface area contributed by atoms with Crippen LogP contribution in [0.25, 0.3) is 0 Å². The van der Waals surface area contributed by atoms with Gasteiger partial charge in [-0.1, -0.05) is 12.8 Å². The van der Waals surface area contributed by atoms with Crippen LogP contribution in [0.2, 0.25) is 0 Å². The van der Waals surface area contributed by atoms with Crippen molar-refractivity contribution in [3.63, 3.8) is 0 Å².